The normalized spacial score (nSPS) is 15.5. The number of pyridine rings is 2. The van der Waals surface area contributed by atoms with Gasteiger partial charge in [0.2, 0.25) is 11.2 Å². The molecule has 1 aliphatic heterocycles. The minimum atomic E-state index is 0.0303. The van der Waals surface area contributed by atoms with Crippen molar-refractivity contribution in [2.75, 3.05) is 0 Å². The Balaban J connectivity index is 1.38. The van der Waals surface area contributed by atoms with Crippen molar-refractivity contribution < 1.29 is 9.13 Å². The molecule has 41 heavy (non-hydrogen) atoms. The molecule has 3 heterocycles. The summed E-state index contributed by atoms with van der Waals surface area (Å²) in [5.41, 5.74) is 9.36. The van der Waals surface area contributed by atoms with Crippen LogP contribution in [0.15, 0.2) is 122 Å². The molecule has 2 aromatic heterocycles. The maximum absolute atomic E-state index is 2.65. The number of aromatic nitrogens is 2. The number of benzene rings is 4. The lowest BCUT2D eigenvalue weighted by atomic mass is 9.69. The predicted molar refractivity (Wildman–Crippen MR) is 170 cm³/mol. The van der Waals surface area contributed by atoms with Crippen molar-refractivity contribution in [3.05, 3.63) is 133 Å². The second kappa shape index (κ2) is 10.3. The van der Waals surface area contributed by atoms with E-state index in [0.29, 0.717) is 5.92 Å². The fourth-order valence-electron chi connectivity index (χ4n) is 7.64. The van der Waals surface area contributed by atoms with E-state index in [1.54, 1.807) is 0 Å². The first-order valence-electron chi connectivity index (χ1n) is 15.2. The Labute approximate surface area is 243 Å². The maximum atomic E-state index is 2.65. The third-order valence-corrected chi connectivity index (χ3v) is 9.77. The van der Waals surface area contributed by atoms with Crippen LogP contribution in [0.25, 0.3) is 44.1 Å². The van der Waals surface area contributed by atoms with Gasteiger partial charge in [-0.3, -0.25) is 0 Å². The van der Waals surface area contributed by atoms with Gasteiger partial charge < -0.3 is 0 Å². The second-order valence-electron chi connectivity index (χ2n) is 11.7. The van der Waals surface area contributed by atoms with Crippen molar-refractivity contribution in [2.45, 2.75) is 58.0 Å². The first kappa shape index (κ1) is 25.7. The summed E-state index contributed by atoms with van der Waals surface area (Å²) in [6.45, 7) is 7.95. The molecule has 1 aliphatic rings. The third kappa shape index (κ3) is 4.08. The van der Waals surface area contributed by atoms with E-state index in [1.807, 2.05) is 0 Å². The summed E-state index contributed by atoms with van der Waals surface area (Å²) < 4.78 is 5.17. The SMILES string of the molecule is CCC1(CC)C(CC[n+]2cc(-c3ccccc3)ccc2-c2ccccc2C)c2cccc3ccc4ccc[n+]1c4c23. The number of hydrogen-bond donors (Lipinski definition) is 0. The van der Waals surface area contributed by atoms with E-state index in [-0.39, 0.29) is 5.54 Å². The average Bonchev–Trinajstić information content (AvgIpc) is 3.03. The fraction of sp³-hybridized carbons (Fsp3) is 0.231. The van der Waals surface area contributed by atoms with E-state index in [2.05, 4.69) is 151 Å². The molecule has 0 saturated heterocycles. The largest absolute Gasteiger partial charge is 0.221 e. The summed E-state index contributed by atoms with van der Waals surface area (Å²) in [6, 6.07) is 40.2. The Hall–Kier alpha value is -4.30. The zero-order valence-corrected chi connectivity index (χ0v) is 24.3. The number of rotatable bonds is 7. The summed E-state index contributed by atoms with van der Waals surface area (Å²) >= 11 is 0. The lowest BCUT2D eigenvalue weighted by Crippen LogP contribution is -2.61. The van der Waals surface area contributed by atoms with Gasteiger partial charge >= 0.3 is 0 Å². The van der Waals surface area contributed by atoms with Gasteiger partial charge in [0.05, 0.1) is 11.3 Å². The Morgan fingerprint density at radius 1 is 0.683 bits per heavy atom. The number of hydrogen-bond acceptors (Lipinski definition) is 0. The molecule has 0 fully saturated rings. The molecular weight excluding hydrogens is 496 g/mol. The van der Waals surface area contributed by atoms with Gasteiger partial charge in [-0.05, 0) is 53.3 Å². The first-order chi connectivity index (χ1) is 20.1. The molecule has 0 spiro atoms. The van der Waals surface area contributed by atoms with Crippen LogP contribution in [0.1, 0.15) is 50.2 Å². The average molecular weight is 535 g/mol. The van der Waals surface area contributed by atoms with Crippen molar-refractivity contribution in [2.24, 2.45) is 0 Å². The van der Waals surface area contributed by atoms with Crippen LogP contribution in [0, 0.1) is 6.92 Å². The van der Waals surface area contributed by atoms with Crippen molar-refractivity contribution in [1.82, 2.24) is 0 Å². The topological polar surface area (TPSA) is 7.76 Å². The number of aryl methyl sites for hydroxylation is 2. The van der Waals surface area contributed by atoms with Crippen LogP contribution < -0.4 is 9.13 Å². The molecule has 1 unspecified atom stereocenters. The Morgan fingerprint density at radius 3 is 2.24 bits per heavy atom. The van der Waals surface area contributed by atoms with E-state index in [1.165, 1.54) is 55.2 Å². The Kier molecular flexibility index (Phi) is 6.43. The van der Waals surface area contributed by atoms with Crippen LogP contribution in [-0.4, -0.2) is 0 Å². The highest BCUT2D eigenvalue weighted by Crippen LogP contribution is 2.47. The van der Waals surface area contributed by atoms with Gasteiger partial charge in [0.1, 0.15) is 6.54 Å². The minimum absolute atomic E-state index is 0.0303. The Bertz CT molecular complexity index is 1880. The predicted octanol–water partition coefficient (Wildman–Crippen LogP) is 8.91. The number of nitrogens with zero attached hydrogens (tertiary/aromatic N) is 2. The van der Waals surface area contributed by atoms with Crippen LogP contribution in [-0.2, 0) is 12.1 Å². The van der Waals surface area contributed by atoms with E-state index >= 15 is 0 Å². The lowest BCUT2D eigenvalue weighted by Gasteiger charge is -2.38. The van der Waals surface area contributed by atoms with Crippen molar-refractivity contribution >= 4 is 21.7 Å². The molecule has 202 valence electrons. The van der Waals surface area contributed by atoms with Gasteiger partial charge in [-0.15, -0.1) is 0 Å². The highest BCUT2D eigenvalue weighted by atomic mass is 15.1. The summed E-state index contributed by atoms with van der Waals surface area (Å²) in [4.78, 5) is 0. The molecular formula is C39H38N2+2. The summed E-state index contributed by atoms with van der Waals surface area (Å²) in [5.74, 6) is 0.407. The quantitative estimate of drug-likeness (QED) is 0.143. The molecule has 0 saturated carbocycles. The first-order valence-corrected chi connectivity index (χ1v) is 15.2. The molecule has 0 radical (unpaired) electrons. The zero-order chi connectivity index (χ0) is 28.0. The summed E-state index contributed by atoms with van der Waals surface area (Å²) in [6.07, 6.45) is 7.99. The van der Waals surface area contributed by atoms with Crippen LogP contribution >= 0.6 is 0 Å². The molecule has 0 amide bonds. The van der Waals surface area contributed by atoms with Gasteiger partial charge in [-0.25, -0.2) is 0 Å². The lowest BCUT2D eigenvalue weighted by molar-refractivity contribution is -0.751. The standard InChI is InChI=1S/C39H38N2/c1-4-39(5-2)35(34-19-11-16-30-20-21-31-17-12-25-41(39)38(31)37(30)34)24-26-40-27-32(29-14-7-6-8-15-29)22-23-36(40)33-18-10-9-13-28(33)3/h6-23,25,27,35H,4-5,24,26H2,1-3H3/q+2. The molecule has 0 N–H and O–H groups in total. The van der Waals surface area contributed by atoms with E-state index in [9.17, 15) is 0 Å². The second-order valence-corrected chi connectivity index (χ2v) is 11.7. The third-order valence-electron chi connectivity index (χ3n) is 9.77. The molecule has 1 atom stereocenters. The Morgan fingerprint density at radius 2 is 1.44 bits per heavy atom. The summed E-state index contributed by atoms with van der Waals surface area (Å²) in [7, 11) is 0. The van der Waals surface area contributed by atoms with Gasteiger partial charge in [-0.2, -0.15) is 9.13 Å². The van der Waals surface area contributed by atoms with Crippen LogP contribution in [0.2, 0.25) is 0 Å². The molecule has 0 aliphatic carbocycles. The van der Waals surface area contributed by atoms with Crippen LogP contribution in [0.4, 0.5) is 0 Å². The zero-order valence-electron chi connectivity index (χ0n) is 24.3. The molecule has 7 rings (SSSR count). The monoisotopic (exact) mass is 534 g/mol. The summed E-state index contributed by atoms with van der Waals surface area (Å²) in [5, 5.41) is 4.12. The molecule has 4 aromatic carbocycles. The van der Waals surface area contributed by atoms with Crippen LogP contribution in [0.3, 0.4) is 0 Å². The molecule has 0 bridgehead atoms. The van der Waals surface area contributed by atoms with E-state index in [0.717, 1.165) is 25.8 Å². The van der Waals surface area contributed by atoms with Crippen molar-refractivity contribution in [1.29, 1.82) is 0 Å². The van der Waals surface area contributed by atoms with Gasteiger partial charge in [-0.1, -0.05) is 86.6 Å². The highest BCUT2D eigenvalue weighted by Gasteiger charge is 2.50. The fourth-order valence-corrected chi connectivity index (χ4v) is 7.64. The highest BCUT2D eigenvalue weighted by molar-refractivity contribution is 6.06. The van der Waals surface area contributed by atoms with E-state index < -0.39 is 0 Å². The molecule has 2 heteroatoms. The van der Waals surface area contributed by atoms with Crippen molar-refractivity contribution in [3.8, 4) is 22.4 Å². The molecule has 6 aromatic rings. The van der Waals surface area contributed by atoms with Crippen molar-refractivity contribution in [3.63, 3.8) is 0 Å². The van der Waals surface area contributed by atoms with Crippen LogP contribution in [0.5, 0.6) is 0 Å². The maximum Gasteiger partial charge on any atom is 0.221 e. The molecule has 2 nitrogen and oxygen atoms in total. The van der Waals surface area contributed by atoms with Gasteiger partial charge in [0.15, 0.2) is 17.9 Å². The minimum Gasteiger partial charge on any atom is -0.198 e. The van der Waals surface area contributed by atoms with Gasteiger partial charge in [0.25, 0.3) is 0 Å². The van der Waals surface area contributed by atoms with E-state index in [4.69, 9.17) is 0 Å². The van der Waals surface area contributed by atoms with Gasteiger partial charge in [0, 0.05) is 47.9 Å². The smallest absolute Gasteiger partial charge is 0.198 e.